The van der Waals surface area contributed by atoms with Crippen molar-refractivity contribution in [3.8, 4) is 0 Å². The van der Waals surface area contributed by atoms with Crippen LogP contribution >= 0.6 is 0 Å². The van der Waals surface area contributed by atoms with Gasteiger partial charge in [0.15, 0.2) is 0 Å². The van der Waals surface area contributed by atoms with E-state index in [1.807, 2.05) is 26.0 Å². The van der Waals surface area contributed by atoms with Gasteiger partial charge in [-0.25, -0.2) is 4.39 Å². The van der Waals surface area contributed by atoms with Crippen molar-refractivity contribution < 1.29 is 13.7 Å². The van der Waals surface area contributed by atoms with Gasteiger partial charge in [-0.1, -0.05) is 23.4 Å². The Labute approximate surface area is 144 Å². The number of nitrogens with zero attached hydrogens (tertiary/aromatic N) is 1. The SMILES string of the molecule is Cc1noc(C)c1C1=CC=C2NC(=O)C(N)(c3ccc(F)cc3)C2C1. The zero-order valence-corrected chi connectivity index (χ0v) is 14.0. The third kappa shape index (κ3) is 2.25. The van der Waals surface area contributed by atoms with E-state index in [1.165, 1.54) is 12.1 Å². The highest BCUT2D eigenvalue weighted by molar-refractivity contribution is 5.94. The molecule has 0 spiro atoms. The average molecular weight is 339 g/mol. The summed E-state index contributed by atoms with van der Waals surface area (Å²) in [5.74, 6) is -0.147. The summed E-state index contributed by atoms with van der Waals surface area (Å²) in [7, 11) is 0. The summed E-state index contributed by atoms with van der Waals surface area (Å²) in [5, 5.41) is 6.88. The predicted molar refractivity (Wildman–Crippen MR) is 90.6 cm³/mol. The first-order valence-corrected chi connectivity index (χ1v) is 8.11. The Hall–Kier alpha value is -2.73. The molecule has 3 N–H and O–H groups in total. The third-order valence-electron chi connectivity index (χ3n) is 5.12. The number of allylic oxidation sites excluding steroid dienone is 3. The van der Waals surface area contributed by atoms with Crippen LogP contribution in [0.5, 0.6) is 0 Å². The minimum atomic E-state index is -1.24. The molecule has 2 heterocycles. The molecule has 128 valence electrons. The zero-order chi connectivity index (χ0) is 17.8. The highest BCUT2D eigenvalue weighted by Crippen LogP contribution is 2.45. The van der Waals surface area contributed by atoms with Gasteiger partial charge in [0, 0.05) is 17.2 Å². The van der Waals surface area contributed by atoms with Crippen molar-refractivity contribution in [2.45, 2.75) is 25.8 Å². The lowest BCUT2D eigenvalue weighted by Gasteiger charge is -2.31. The number of carbonyl (C=O) groups is 1. The first-order chi connectivity index (χ1) is 11.9. The van der Waals surface area contributed by atoms with Crippen LogP contribution in [0.3, 0.4) is 0 Å². The van der Waals surface area contributed by atoms with E-state index in [9.17, 15) is 9.18 Å². The molecule has 6 heteroatoms. The van der Waals surface area contributed by atoms with Crippen molar-refractivity contribution >= 4 is 11.5 Å². The number of aromatic nitrogens is 1. The van der Waals surface area contributed by atoms with Crippen molar-refractivity contribution in [1.82, 2.24) is 10.5 Å². The van der Waals surface area contributed by atoms with Crippen molar-refractivity contribution in [2.24, 2.45) is 11.7 Å². The zero-order valence-electron chi connectivity index (χ0n) is 14.0. The number of carbonyl (C=O) groups excluding carboxylic acids is 1. The van der Waals surface area contributed by atoms with E-state index in [1.54, 1.807) is 12.1 Å². The van der Waals surface area contributed by atoms with E-state index in [4.69, 9.17) is 10.3 Å². The van der Waals surface area contributed by atoms with E-state index in [0.717, 1.165) is 28.3 Å². The maximum absolute atomic E-state index is 13.3. The Morgan fingerprint density at radius 3 is 2.64 bits per heavy atom. The van der Waals surface area contributed by atoms with Crippen LogP contribution in [-0.4, -0.2) is 11.1 Å². The van der Waals surface area contributed by atoms with Crippen LogP contribution in [0.1, 0.15) is 29.0 Å². The third-order valence-corrected chi connectivity index (χ3v) is 5.12. The highest BCUT2D eigenvalue weighted by atomic mass is 19.1. The Kier molecular flexibility index (Phi) is 3.40. The van der Waals surface area contributed by atoms with Gasteiger partial charge in [-0.2, -0.15) is 0 Å². The molecule has 2 atom stereocenters. The van der Waals surface area contributed by atoms with E-state index in [2.05, 4.69) is 10.5 Å². The van der Waals surface area contributed by atoms with Crippen molar-refractivity contribution in [3.63, 3.8) is 0 Å². The fraction of sp³-hybridized carbons (Fsp3) is 0.263. The number of amides is 1. The van der Waals surface area contributed by atoms with Crippen LogP contribution in [0.15, 0.2) is 46.6 Å². The predicted octanol–water partition coefficient (Wildman–Crippen LogP) is 2.70. The fourth-order valence-corrected chi connectivity index (χ4v) is 3.82. The molecule has 1 fully saturated rings. The van der Waals surface area contributed by atoms with Gasteiger partial charge >= 0.3 is 0 Å². The van der Waals surface area contributed by atoms with Gasteiger partial charge in [-0.3, -0.25) is 4.79 Å². The van der Waals surface area contributed by atoms with Crippen molar-refractivity contribution in [3.05, 3.63) is 70.5 Å². The van der Waals surface area contributed by atoms with Crippen LogP contribution in [0.2, 0.25) is 0 Å². The molecule has 1 aromatic heterocycles. The Morgan fingerprint density at radius 2 is 2.00 bits per heavy atom. The van der Waals surface area contributed by atoms with Crippen molar-refractivity contribution in [1.29, 1.82) is 0 Å². The van der Waals surface area contributed by atoms with Crippen LogP contribution in [0, 0.1) is 25.6 Å². The minimum absolute atomic E-state index is 0.251. The second kappa shape index (κ2) is 5.39. The molecular formula is C19H18FN3O2. The van der Waals surface area contributed by atoms with Gasteiger partial charge in [-0.15, -0.1) is 0 Å². The highest BCUT2D eigenvalue weighted by Gasteiger charge is 2.52. The quantitative estimate of drug-likeness (QED) is 0.881. The fourth-order valence-electron chi connectivity index (χ4n) is 3.82. The largest absolute Gasteiger partial charge is 0.361 e. The number of nitrogens with one attached hydrogen (secondary N) is 1. The second-order valence-electron chi connectivity index (χ2n) is 6.60. The van der Waals surface area contributed by atoms with Gasteiger partial charge in [0.1, 0.15) is 17.1 Å². The minimum Gasteiger partial charge on any atom is -0.361 e. The van der Waals surface area contributed by atoms with Gasteiger partial charge in [0.2, 0.25) is 5.91 Å². The van der Waals surface area contributed by atoms with Crippen LogP contribution in [-0.2, 0) is 10.3 Å². The van der Waals surface area contributed by atoms with Gasteiger partial charge in [-0.05, 0) is 49.6 Å². The first kappa shape index (κ1) is 15.8. The van der Waals surface area contributed by atoms with Crippen molar-refractivity contribution in [2.75, 3.05) is 0 Å². The molecule has 0 radical (unpaired) electrons. The second-order valence-corrected chi connectivity index (χ2v) is 6.60. The summed E-state index contributed by atoms with van der Waals surface area (Å²) in [6.45, 7) is 3.75. The molecule has 25 heavy (non-hydrogen) atoms. The number of fused-ring (bicyclic) bond motifs is 1. The molecule has 4 rings (SSSR count). The lowest BCUT2D eigenvalue weighted by atomic mass is 9.74. The molecule has 2 aromatic rings. The molecule has 2 unspecified atom stereocenters. The summed E-state index contributed by atoms with van der Waals surface area (Å²) < 4.78 is 18.5. The van der Waals surface area contributed by atoms with E-state index in [-0.39, 0.29) is 17.6 Å². The number of hydrogen-bond donors (Lipinski definition) is 2. The Morgan fingerprint density at radius 1 is 1.28 bits per heavy atom. The Bertz CT molecular complexity index is 907. The molecule has 1 aliphatic carbocycles. The summed E-state index contributed by atoms with van der Waals surface area (Å²) in [4.78, 5) is 12.7. The summed E-state index contributed by atoms with van der Waals surface area (Å²) in [5.41, 5.74) is 9.51. The maximum Gasteiger partial charge on any atom is 0.249 e. The molecule has 0 bridgehead atoms. The number of benzene rings is 1. The first-order valence-electron chi connectivity index (χ1n) is 8.11. The smallest absolute Gasteiger partial charge is 0.249 e. The molecule has 1 amide bonds. The lowest BCUT2D eigenvalue weighted by Crippen LogP contribution is -2.48. The normalized spacial score (nSPS) is 25.3. The number of halogens is 1. The number of hydrogen-bond acceptors (Lipinski definition) is 4. The summed E-state index contributed by atoms with van der Waals surface area (Å²) in [6.07, 6.45) is 4.42. The average Bonchev–Trinajstić information content (AvgIpc) is 3.06. The summed E-state index contributed by atoms with van der Waals surface area (Å²) in [6, 6.07) is 5.80. The van der Waals surface area contributed by atoms with E-state index < -0.39 is 5.54 Å². The maximum atomic E-state index is 13.3. The number of nitrogens with two attached hydrogens (primary N) is 1. The Balaban J connectivity index is 1.76. The standard InChI is InChI=1S/C19H18FN3O2/c1-10-17(11(2)25-23-10)12-3-8-16-15(9-12)19(21,18(24)22-16)13-4-6-14(20)7-5-13/h3-8,15H,9,21H2,1-2H3,(H,22,24). The van der Waals surface area contributed by atoms with Gasteiger partial charge < -0.3 is 15.6 Å². The topological polar surface area (TPSA) is 81.2 Å². The molecule has 5 nitrogen and oxygen atoms in total. The number of aryl methyl sites for hydroxylation is 2. The number of rotatable bonds is 2. The van der Waals surface area contributed by atoms with E-state index >= 15 is 0 Å². The van der Waals surface area contributed by atoms with Crippen LogP contribution in [0.25, 0.3) is 5.57 Å². The molecule has 2 aliphatic rings. The lowest BCUT2D eigenvalue weighted by molar-refractivity contribution is -0.124. The molecule has 1 aliphatic heterocycles. The van der Waals surface area contributed by atoms with Gasteiger partial charge in [0.05, 0.1) is 5.69 Å². The molecule has 0 saturated carbocycles. The summed E-state index contributed by atoms with van der Waals surface area (Å²) >= 11 is 0. The van der Waals surface area contributed by atoms with E-state index in [0.29, 0.717) is 12.0 Å². The van der Waals surface area contributed by atoms with Gasteiger partial charge in [0.25, 0.3) is 0 Å². The monoisotopic (exact) mass is 339 g/mol. The van der Waals surface area contributed by atoms with Crippen LogP contribution in [0.4, 0.5) is 4.39 Å². The molecular weight excluding hydrogens is 321 g/mol. The molecule has 1 saturated heterocycles. The molecule has 1 aromatic carbocycles. The van der Waals surface area contributed by atoms with Crippen LogP contribution < -0.4 is 11.1 Å².